The molecule has 2 nitrogen and oxygen atoms in total. The quantitative estimate of drug-likeness (QED) is 0.595. The average Bonchev–Trinajstić information content (AvgIpc) is 2.46. The maximum Gasteiger partial charge on any atom is 0.173 e. The zero-order valence-corrected chi connectivity index (χ0v) is 12.9. The molecule has 0 saturated heterocycles. The fourth-order valence-electron chi connectivity index (χ4n) is 1.78. The standard InChI is InChI=1S/C16H15ClO2S/c1-11-5-3-4-6-16(11)20-10-14(18)12-7-8-13(17)15(9-12)19-2/h3-9H,10H2,1-2H3. The van der Waals surface area contributed by atoms with Gasteiger partial charge in [-0.05, 0) is 36.8 Å². The van der Waals surface area contributed by atoms with Crippen molar-refractivity contribution in [3.63, 3.8) is 0 Å². The van der Waals surface area contributed by atoms with Gasteiger partial charge < -0.3 is 4.74 Å². The Bertz CT molecular complexity index is 626. The van der Waals surface area contributed by atoms with Crippen molar-refractivity contribution in [2.24, 2.45) is 0 Å². The predicted octanol–water partition coefficient (Wildman–Crippen LogP) is 4.63. The van der Waals surface area contributed by atoms with Crippen molar-refractivity contribution in [2.45, 2.75) is 11.8 Å². The van der Waals surface area contributed by atoms with E-state index in [0.717, 1.165) is 4.90 Å². The number of hydrogen-bond acceptors (Lipinski definition) is 3. The number of hydrogen-bond donors (Lipinski definition) is 0. The first-order valence-corrected chi connectivity index (χ1v) is 7.53. The molecule has 0 aliphatic rings. The van der Waals surface area contributed by atoms with E-state index in [9.17, 15) is 4.79 Å². The van der Waals surface area contributed by atoms with Gasteiger partial charge in [-0.25, -0.2) is 0 Å². The first-order chi connectivity index (χ1) is 9.61. The first kappa shape index (κ1) is 14.9. The maximum absolute atomic E-state index is 12.2. The van der Waals surface area contributed by atoms with Gasteiger partial charge in [0.15, 0.2) is 5.78 Å². The molecule has 0 bridgehead atoms. The number of carbonyl (C=O) groups excluding carboxylic acids is 1. The average molecular weight is 307 g/mol. The minimum Gasteiger partial charge on any atom is -0.495 e. The van der Waals surface area contributed by atoms with Gasteiger partial charge in [0.2, 0.25) is 0 Å². The lowest BCUT2D eigenvalue weighted by Gasteiger charge is -2.07. The van der Waals surface area contributed by atoms with E-state index in [1.807, 2.05) is 31.2 Å². The summed E-state index contributed by atoms with van der Waals surface area (Å²) in [6.07, 6.45) is 0. The lowest BCUT2D eigenvalue weighted by Crippen LogP contribution is -2.03. The van der Waals surface area contributed by atoms with Gasteiger partial charge in [0.25, 0.3) is 0 Å². The number of thioether (sulfide) groups is 1. The van der Waals surface area contributed by atoms with E-state index in [1.165, 1.54) is 12.7 Å². The third kappa shape index (κ3) is 3.56. The number of aryl methyl sites for hydroxylation is 1. The van der Waals surface area contributed by atoms with E-state index in [-0.39, 0.29) is 5.78 Å². The van der Waals surface area contributed by atoms with Crippen LogP contribution in [0.2, 0.25) is 5.02 Å². The van der Waals surface area contributed by atoms with Crippen LogP contribution in [0.5, 0.6) is 5.75 Å². The molecule has 0 saturated carbocycles. The highest BCUT2D eigenvalue weighted by molar-refractivity contribution is 8.00. The van der Waals surface area contributed by atoms with Crippen LogP contribution in [0.25, 0.3) is 0 Å². The van der Waals surface area contributed by atoms with Crippen molar-refractivity contribution in [1.82, 2.24) is 0 Å². The van der Waals surface area contributed by atoms with Crippen LogP contribution in [0.4, 0.5) is 0 Å². The number of benzene rings is 2. The van der Waals surface area contributed by atoms with Gasteiger partial charge in [0, 0.05) is 10.5 Å². The monoisotopic (exact) mass is 306 g/mol. The summed E-state index contributed by atoms with van der Waals surface area (Å²) < 4.78 is 5.13. The summed E-state index contributed by atoms with van der Waals surface area (Å²) in [6, 6.07) is 13.1. The highest BCUT2D eigenvalue weighted by Crippen LogP contribution is 2.27. The largest absolute Gasteiger partial charge is 0.495 e. The molecule has 104 valence electrons. The Hall–Kier alpha value is -1.45. The van der Waals surface area contributed by atoms with Gasteiger partial charge in [-0.3, -0.25) is 4.79 Å². The number of ether oxygens (including phenoxy) is 1. The predicted molar refractivity (Wildman–Crippen MR) is 84.2 cm³/mol. The van der Waals surface area contributed by atoms with E-state index >= 15 is 0 Å². The summed E-state index contributed by atoms with van der Waals surface area (Å²) in [7, 11) is 1.54. The molecule has 0 spiro atoms. The third-order valence-corrected chi connectivity index (χ3v) is 4.41. The number of carbonyl (C=O) groups is 1. The first-order valence-electron chi connectivity index (χ1n) is 6.17. The number of rotatable bonds is 5. The van der Waals surface area contributed by atoms with E-state index in [4.69, 9.17) is 16.3 Å². The SMILES string of the molecule is COc1cc(C(=O)CSc2ccccc2C)ccc1Cl. The Balaban J connectivity index is 2.07. The molecule has 0 atom stereocenters. The summed E-state index contributed by atoms with van der Waals surface area (Å²) >= 11 is 7.50. The Kier molecular flexibility index (Phi) is 5.10. The smallest absolute Gasteiger partial charge is 0.173 e. The van der Waals surface area contributed by atoms with Gasteiger partial charge >= 0.3 is 0 Å². The molecule has 0 aliphatic heterocycles. The van der Waals surface area contributed by atoms with Gasteiger partial charge in [0.1, 0.15) is 5.75 Å². The number of methoxy groups -OCH3 is 1. The molecule has 0 N–H and O–H groups in total. The van der Waals surface area contributed by atoms with E-state index < -0.39 is 0 Å². The lowest BCUT2D eigenvalue weighted by atomic mass is 10.1. The van der Waals surface area contributed by atoms with E-state index in [2.05, 4.69) is 0 Å². The van der Waals surface area contributed by atoms with Crippen LogP contribution in [0.1, 0.15) is 15.9 Å². The summed E-state index contributed by atoms with van der Waals surface area (Å²) in [5.74, 6) is 0.988. The summed E-state index contributed by atoms with van der Waals surface area (Å²) in [6.45, 7) is 2.04. The third-order valence-electron chi connectivity index (χ3n) is 2.93. The fraction of sp³-hybridized carbons (Fsp3) is 0.188. The Labute approximate surface area is 128 Å². The van der Waals surface area contributed by atoms with Gasteiger partial charge in [0.05, 0.1) is 17.9 Å². The van der Waals surface area contributed by atoms with E-state index in [0.29, 0.717) is 22.1 Å². The molecule has 0 unspecified atom stereocenters. The number of ketones is 1. The second-order valence-corrected chi connectivity index (χ2v) is 5.75. The summed E-state index contributed by atoms with van der Waals surface area (Å²) in [5.41, 5.74) is 1.80. The van der Waals surface area contributed by atoms with Gasteiger partial charge in [-0.1, -0.05) is 29.8 Å². The summed E-state index contributed by atoms with van der Waals surface area (Å²) in [5, 5.41) is 0.510. The molecule has 4 heteroatoms. The molecule has 0 aromatic heterocycles. The molecular formula is C16H15ClO2S. The topological polar surface area (TPSA) is 26.3 Å². The zero-order chi connectivity index (χ0) is 14.5. The van der Waals surface area contributed by atoms with Crippen LogP contribution >= 0.6 is 23.4 Å². The summed E-state index contributed by atoms with van der Waals surface area (Å²) in [4.78, 5) is 13.3. The van der Waals surface area contributed by atoms with Crippen molar-refractivity contribution in [3.8, 4) is 5.75 Å². The van der Waals surface area contributed by atoms with E-state index in [1.54, 1.807) is 30.0 Å². The van der Waals surface area contributed by atoms with Crippen molar-refractivity contribution in [2.75, 3.05) is 12.9 Å². The van der Waals surface area contributed by atoms with Crippen LogP contribution < -0.4 is 4.74 Å². The molecule has 0 fully saturated rings. The Morgan fingerprint density at radius 2 is 2.00 bits per heavy atom. The fourth-order valence-corrected chi connectivity index (χ4v) is 2.90. The second kappa shape index (κ2) is 6.82. The molecule has 0 radical (unpaired) electrons. The molecule has 2 rings (SSSR count). The Morgan fingerprint density at radius 3 is 2.70 bits per heavy atom. The highest BCUT2D eigenvalue weighted by atomic mass is 35.5. The molecule has 2 aromatic carbocycles. The van der Waals surface area contributed by atoms with Gasteiger partial charge in [-0.15, -0.1) is 11.8 Å². The normalized spacial score (nSPS) is 10.3. The van der Waals surface area contributed by atoms with Crippen molar-refractivity contribution >= 4 is 29.1 Å². The second-order valence-electron chi connectivity index (χ2n) is 4.33. The molecule has 0 heterocycles. The van der Waals surface area contributed by atoms with Crippen molar-refractivity contribution < 1.29 is 9.53 Å². The van der Waals surface area contributed by atoms with Crippen LogP contribution in [0.15, 0.2) is 47.4 Å². The number of Topliss-reactive ketones (excluding diaryl/α,β-unsaturated/α-hetero) is 1. The molecular weight excluding hydrogens is 292 g/mol. The highest BCUT2D eigenvalue weighted by Gasteiger charge is 2.10. The minimum absolute atomic E-state index is 0.0632. The molecule has 0 aliphatic carbocycles. The molecule has 2 aromatic rings. The van der Waals surface area contributed by atoms with Crippen molar-refractivity contribution in [1.29, 1.82) is 0 Å². The Morgan fingerprint density at radius 1 is 1.25 bits per heavy atom. The number of halogens is 1. The lowest BCUT2D eigenvalue weighted by molar-refractivity contribution is 0.102. The molecule has 20 heavy (non-hydrogen) atoms. The maximum atomic E-state index is 12.2. The van der Waals surface area contributed by atoms with Crippen molar-refractivity contribution in [3.05, 3.63) is 58.6 Å². The van der Waals surface area contributed by atoms with Crippen LogP contribution in [-0.4, -0.2) is 18.6 Å². The van der Waals surface area contributed by atoms with Crippen LogP contribution in [0, 0.1) is 6.92 Å². The zero-order valence-electron chi connectivity index (χ0n) is 11.4. The van der Waals surface area contributed by atoms with Crippen LogP contribution in [0.3, 0.4) is 0 Å². The molecule has 0 amide bonds. The van der Waals surface area contributed by atoms with Gasteiger partial charge in [-0.2, -0.15) is 0 Å². The minimum atomic E-state index is 0.0632. The van der Waals surface area contributed by atoms with Crippen LogP contribution in [-0.2, 0) is 0 Å².